The molecular weight excluding hydrogens is 734 g/mol. The van der Waals surface area contributed by atoms with E-state index in [-0.39, 0.29) is 55.7 Å². The van der Waals surface area contributed by atoms with Gasteiger partial charge in [0.05, 0.1) is 35.5 Å². The van der Waals surface area contributed by atoms with Crippen LogP contribution < -0.4 is 10.1 Å². The Morgan fingerprint density at radius 3 is 2.35 bits per heavy atom. The Kier molecular flexibility index (Phi) is 11.2. The van der Waals surface area contributed by atoms with Crippen molar-refractivity contribution in [2.45, 2.75) is 92.5 Å². The molecule has 4 aromatic rings. The van der Waals surface area contributed by atoms with Gasteiger partial charge in [-0.2, -0.15) is 0 Å². The Labute approximate surface area is 330 Å². The number of hydrogen-bond donors (Lipinski definition) is 5. The number of anilines is 1. The van der Waals surface area contributed by atoms with E-state index in [4.69, 9.17) is 23.9 Å². The molecule has 0 saturated carbocycles. The van der Waals surface area contributed by atoms with Crippen molar-refractivity contribution >= 4 is 50.8 Å². The number of benzene rings is 2. The summed E-state index contributed by atoms with van der Waals surface area (Å²) in [6, 6.07) is 3.64. The van der Waals surface area contributed by atoms with Crippen molar-refractivity contribution in [3.8, 4) is 17.2 Å². The first kappa shape index (κ1) is 41.2. The van der Waals surface area contributed by atoms with Gasteiger partial charge in [-0.15, -0.1) is 0 Å². The SMILES string of the molecule is COC1C=CO[C@]2(C)Oc3c(C)c(O)c4c(O)c(c5c(nc6cc(C)ccn65)c4c3C2=O)NC(=O)C(C)=CC=CC(C)C(O)C(C)C(O)C(C)C(OC(C)=O)C1C. The lowest BCUT2D eigenvalue weighted by molar-refractivity contribution is -0.160. The number of methoxy groups -OCH3 is 1. The van der Waals surface area contributed by atoms with E-state index in [1.54, 1.807) is 63.4 Å². The number of fused-ring (bicyclic) bond motifs is 2. The van der Waals surface area contributed by atoms with Gasteiger partial charge >= 0.3 is 11.8 Å². The van der Waals surface area contributed by atoms with Crippen LogP contribution in [0.3, 0.4) is 0 Å². The quantitative estimate of drug-likeness (QED) is 0.115. The normalized spacial score (nSPS) is 28.8. The van der Waals surface area contributed by atoms with Gasteiger partial charge in [-0.25, -0.2) is 4.98 Å². The number of aliphatic hydroxyl groups excluding tert-OH is 2. The summed E-state index contributed by atoms with van der Waals surface area (Å²) >= 11 is 0. The van der Waals surface area contributed by atoms with Crippen molar-refractivity contribution in [3.05, 3.63) is 71.2 Å². The second-order valence-corrected chi connectivity index (χ2v) is 15.6. The first-order valence-electron chi connectivity index (χ1n) is 19.0. The van der Waals surface area contributed by atoms with Crippen molar-refractivity contribution in [1.82, 2.24) is 9.38 Å². The summed E-state index contributed by atoms with van der Waals surface area (Å²) in [4.78, 5) is 45.6. The number of phenols is 2. The maximum Gasteiger partial charge on any atom is 0.312 e. The van der Waals surface area contributed by atoms with Crippen LogP contribution >= 0.6 is 0 Å². The molecule has 14 nitrogen and oxygen atoms in total. The van der Waals surface area contributed by atoms with Crippen LogP contribution in [0, 0.1) is 37.5 Å². The largest absolute Gasteiger partial charge is 0.507 e. The van der Waals surface area contributed by atoms with E-state index in [1.165, 1.54) is 40.2 Å². The second kappa shape index (κ2) is 15.5. The third kappa shape index (κ3) is 7.10. The van der Waals surface area contributed by atoms with Crippen LogP contribution in [0.4, 0.5) is 5.69 Å². The molecule has 4 heterocycles. The van der Waals surface area contributed by atoms with Crippen molar-refractivity contribution in [2.24, 2.45) is 23.7 Å². The Hall–Kier alpha value is -5.44. The maximum atomic E-state index is 14.6. The topological polar surface area (TPSA) is 198 Å². The molecule has 0 radical (unpaired) electrons. The molecule has 1 amide bonds. The minimum Gasteiger partial charge on any atom is -0.507 e. The van der Waals surface area contributed by atoms with Gasteiger partial charge in [0.25, 0.3) is 11.7 Å². The minimum absolute atomic E-state index is 0.0185. The molecule has 6 rings (SSSR count). The summed E-state index contributed by atoms with van der Waals surface area (Å²) in [5.41, 5.74) is 2.18. The van der Waals surface area contributed by atoms with Crippen molar-refractivity contribution in [2.75, 3.05) is 12.4 Å². The molecule has 2 aromatic heterocycles. The van der Waals surface area contributed by atoms with Crippen LogP contribution in [-0.4, -0.2) is 84.8 Å². The number of carbonyl (C=O) groups is 3. The van der Waals surface area contributed by atoms with Gasteiger partial charge in [0.1, 0.15) is 40.0 Å². The van der Waals surface area contributed by atoms with Crippen LogP contribution in [0.25, 0.3) is 27.5 Å². The monoisotopic (exact) mass is 785 g/mol. The number of aryl methyl sites for hydroxylation is 1. The number of amides is 1. The molecule has 0 saturated heterocycles. The third-order valence-electron chi connectivity index (χ3n) is 11.5. The lowest BCUT2D eigenvalue weighted by Crippen LogP contribution is -2.46. The Balaban J connectivity index is 1.58. The molecule has 304 valence electrons. The Morgan fingerprint density at radius 1 is 0.982 bits per heavy atom. The van der Waals surface area contributed by atoms with E-state index in [0.717, 1.165) is 5.56 Å². The number of Topliss-reactive ketones (excluding diaryl/α,β-unsaturated/α-hetero) is 1. The van der Waals surface area contributed by atoms with E-state index in [1.807, 2.05) is 19.1 Å². The van der Waals surface area contributed by atoms with E-state index in [9.17, 15) is 34.8 Å². The van der Waals surface area contributed by atoms with Crippen LogP contribution in [0.15, 0.2) is 54.5 Å². The number of allylic oxidation sites excluding steroid dienone is 2. The van der Waals surface area contributed by atoms with Gasteiger partial charge in [-0.3, -0.25) is 18.8 Å². The van der Waals surface area contributed by atoms with Gasteiger partial charge in [0.2, 0.25) is 0 Å². The van der Waals surface area contributed by atoms with Crippen molar-refractivity contribution in [3.63, 3.8) is 0 Å². The molecule has 2 aromatic carbocycles. The molecule has 2 aliphatic rings. The zero-order valence-corrected chi connectivity index (χ0v) is 33.8. The number of rotatable bonds is 2. The predicted molar refractivity (Wildman–Crippen MR) is 213 cm³/mol. The van der Waals surface area contributed by atoms with Crippen molar-refractivity contribution < 1.29 is 53.8 Å². The molecule has 8 unspecified atom stereocenters. The lowest BCUT2D eigenvalue weighted by atomic mass is 9.78. The molecule has 0 fully saturated rings. The number of pyridine rings is 1. The molecule has 0 spiro atoms. The van der Waals surface area contributed by atoms with Gasteiger partial charge in [0, 0.05) is 67.3 Å². The van der Waals surface area contributed by atoms with E-state index < -0.39 is 77.3 Å². The number of nitrogens with one attached hydrogen (secondary N) is 1. The number of hydrogen-bond acceptors (Lipinski definition) is 12. The van der Waals surface area contributed by atoms with E-state index >= 15 is 0 Å². The molecule has 57 heavy (non-hydrogen) atoms. The number of aromatic nitrogens is 2. The van der Waals surface area contributed by atoms with E-state index in [0.29, 0.717) is 5.65 Å². The summed E-state index contributed by atoms with van der Waals surface area (Å²) in [5.74, 6) is -6.96. The highest BCUT2D eigenvalue weighted by atomic mass is 16.7. The molecule has 5 N–H and O–H groups in total. The lowest BCUT2D eigenvalue weighted by Gasteiger charge is -2.38. The van der Waals surface area contributed by atoms with Crippen LogP contribution in [-0.2, 0) is 23.8 Å². The Bertz CT molecular complexity index is 2380. The summed E-state index contributed by atoms with van der Waals surface area (Å²) in [6.07, 6.45) is 5.62. The van der Waals surface area contributed by atoms with Crippen LogP contribution in [0.2, 0.25) is 0 Å². The maximum absolute atomic E-state index is 14.6. The summed E-state index contributed by atoms with van der Waals surface area (Å²) in [6.45, 7) is 14.7. The first-order valence-corrected chi connectivity index (χ1v) is 19.0. The summed E-state index contributed by atoms with van der Waals surface area (Å²) < 4.78 is 25.5. The fourth-order valence-electron chi connectivity index (χ4n) is 8.03. The van der Waals surface area contributed by atoms with Gasteiger partial charge in [-0.05, 0) is 44.5 Å². The molecule has 9 atom stereocenters. The number of phenolic OH excluding ortho intramolecular Hbond substituents is 2. The summed E-state index contributed by atoms with van der Waals surface area (Å²) in [5, 5.41) is 49.4. The number of imidazole rings is 1. The number of ether oxygens (including phenoxy) is 4. The van der Waals surface area contributed by atoms with Gasteiger partial charge in [0.15, 0.2) is 5.75 Å². The number of aliphatic hydroxyl groups is 2. The van der Waals surface area contributed by atoms with Crippen LogP contribution in [0.1, 0.15) is 70.0 Å². The molecule has 14 heteroatoms. The third-order valence-corrected chi connectivity index (χ3v) is 11.5. The summed E-state index contributed by atoms with van der Waals surface area (Å²) in [7, 11) is 1.46. The smallest absolute Gasteiger partial charge is 0.312 e. The molecule has 0 aliphatic carbocycles. The van der Waals surface area contributed by atoms with Crippen LogP contribution in [0.5, 0.6) is 17.2 Å². The van der Waals surface area contributed by atoms with Crippen molar-refractivity contribution in [1.29, 1.82) is 0 Å². The highest BCUT2D eigenvalue weighted by molar-refractivity contribution is 6.28. The Morgan fingerprint density at radius 2 is 1.68 bits per heavy atom. The van der Waals surface area contributed by atoms with Gasteiger partial charge in [-0.1, -0.05) is 45.9 Å². The zero-order valence-electron chi connectivity index (χ0n) is 33.8. The fraction of sp³-hybridized carbons (Fsp3) is 0.442. The number of ketones is 1. The predicted octanol–water partition coefficient (Wildman–Crippen LogP) is 6.16. The number of carbonyl (C=O) groups excluding carboxylic acids is 3. The van der Waals surface area contributed by atoms with Gasteiger partial charge < -0.3 is 44.7 Å². The highest BCUT2D eigenvalue weighted by Crippen LogP contribution is 2.54. The highest BCUT2D eigenvalue weighted by Gasteiger charge is 2.50. The minimum atomic E-state index is -1.96. The number of esters is 1. The zero-order chi connectivity index (χ0) is 41.8. The molecule has 4 bridgehead atoms. The molecule has 2 aliphatic heterocycles. The van der Waals surface area contributed by atoms with E-state index in [2.05, 4.69) is 5.32 Å². The molecular formula is C43H51N3O11. The fourth-order valence-corrected chi connectivity index (χ4v) is 8.03. The number of nitrogens with zero attached hydrogens (tertiary/aromatic N) is 2. The number of aromatic hydroxyl groups is 2. The second-order valence-electron chi connectivity index (χ2n) is 15.6. The first-order chi connectivity index (χ1) is 26.8. The standard InChI is InChI=1S/C43H51N3O11/c1-19-14-16-46-28(18-19)44-32-29-30-37(50)25(7)40-31(29)41(52)43(9,57-40)55-17-15-27(54-10)22(4)39(56-26(8)47)24(6)36(49)23(5)35(48)20(2)12-11-13-21(3)42(53)45-33(34(32)46)38(30)51/h11-18,20,22-24,27,35-36,39,48-51H,1-10H3,(H,45,53)/t20?,22?,23?,24?,27?,35?,36?,39?,43-/m1/s1. The average molecular weight is 786 g/mol. The average Bonchev–Trinajstić information content (AvgIpc) is 3.67.